The van der Waals surface area contributed by atoms with Crippen molar-refractivity contribution in [2.24, 2.45) is 0 Å². The highest BCUT2D eigenvalue weighted by molar-refractivity contribution is 5.83. The Balaban J connectivity index is 2.62. The van der Waals surface area contributed by atoms with Crippen LogP contribution < -0.4 is 21.9 Å². The Bertz CT molecular complexity index is 819. The zero-order valence-electron chi connectivity index (χ0n) is 15.6. The molecule has 0 spiro atoms. The standard InChI is InChI=1S/C16H24N4O7/c1-9-8-20(14(25)19-11(9)21)13(24)18-10(12(22)23)6-5-7-17-15(26)27-16(2,3)4/h8,10H,5-7H2,1-4H3,(H,17,26)(H,18,24)(H,22,23)(H,19,21,25). The predicted octanol–water partition coefficient (Wildman–Crippen LogP) is 0.161. The number of carboxylic acid groups (broad SMARTS) is 1. The fourth-order valence-corrected chi connectivity index (χ4v) is 2.00. The summed E-state index contributed by atoms with van der Waals surface area (Å²) >= 11 is 0. The number of nitrogens with zero attached hydrogens (tertiary/aromatic N) is 1. The van der Waals surface area contributed by atoms with Gasteiger partial charge in [0.2, 0.25) is 0 Å². The fraction of sp³-hybridized carbons (Fsp3) is 0.562. The van der Waals surface area contributed by atoms with Crippen molar-refractivity contribution < 1.29 is 24.2 Å². The van der Waals surface area contributed by atoms with Crippen LogP contribution in [0, 0.1) is 6.92 Å². The van der Waals surface area contributed by atoms with Crippen molar-refractivity contribution in [2.75, 3.05) is 6.54 Å². The summed E-state index contributed by atoms with van der Waals surface area (Å²) in [6.45, 7) is 6.68. The second-order valence-corrected chi connectivity index (χ2v) is 6.85. The van der Waals surface area contributed by atoms with E-state index in [0.29, 0.717) is 4.57 Å². The zero-order chi connectivity index (χ0) is 20.8. The van der Waals surface area contributed by atoms with Gasteiger partial charge in [-0.3, -0.25) is 9.78 Å². The first kappa shape index (κ1) is 21.9. The molecule has 0 aliphatic carbocycles. The van der Waals surface area contributed by atoms with Crippen LogP contribution in [0.25, 0.3) is 0 Å². The number of nitrogens with one attached hydrogen (secondary N) is 3. The smallest absolute Gasteiger partial charge is 0.407 e. The van der Waals surface area contributed by atoms with Crippen molar-refractivity contribution in [1.29, 1.82) is 0 Å². The molecular formula is C16H24N4O7. The average Bonchev–Trinajstić information content (AvgIpc) is 2.51. The number of aryl methyl sites for hydroxylation is 1. The number of aliphatic carboxylic acids is 1. The number of hydrogen-bond donors (Lipinski definition) is 4. The van der Waals surface area contributed by atoms with E-state index in [9.17, 15) is 29.1 Å². The van der Waals surface area contributed by atoms with E-state index in [1.54, 1.807) is 20.8 Å². The Morgan fingerprint density at radius 1 is 1.30 bits per heavy atom. The van der Waals surface area contributed by atoms with Crippen molar-refractivity contribution in [3.05, 3.63) is 32.6 Å². The number of amides is 2. The van der Waals surface area contributed by atoms with Crippen LogP contribution in [0.2, 0.25) is 0 Å². The lowest BCUT2D eigenvalue weighted by Crippen LogP contribution is -2.47. The van der Waals surface area contributed by atoms with Gasteiger partial charge in [0, 0.05) is 18.3 Å². The summed E-state index contributed by atoms with van der Waals surface area (Å²) in [6, 6.07) is -2.26. The van der Waals surface area contributed by atoms with Gasteiger partial charge in [0.25, 0.3) is 5.56 Å². The average molecular weight is 384 g/mol. The predicted molar refractivity (Wildman–Crippen MR) is 94.9 cm³/mol. The van der Waals surface area contributed by atoms with Crippen molar-refractivity contribution in [3.8, 4) is 0 Å². The molecule has 0 aliphatic rings. The molecule has 4 N–H and O–H groups in total. The molecule has 1 unspecified atom stereocenters. The Morgan fingerprint density at radius 3 is 2.48 bits per heavy atom. The largest absolute Gasteiger partial charge is 0.480 e. The van der Waals surface area contributed by atoms with Crippen LogP contribution in [0.4, 0.5) is 9.59 Å². The maximum Gasteiger partial charge on any atom is 0.407 e. The van der Waals surface area contributed by atoms with Crippen LogP contribution >= 0.6 is 0 Å². The molecule has 11 heteroatoms. The minimum absolute atomic E-state index is 0.00789. The zero-order valence-corrected chi connectivity index (χ0v) is 15.6. The van der Waals surface area contributed by atoms with Crippen molar-refractivity contribution in [3.63, 3.8) is 0 Å². The van der Waals surface area contributed by atoms with Crippen molar-refractivity contribution in [1.82, 2.24) is 20.2 Å². The second kappa shape index (κ2) is 9.01. The highest BCUT2D eigenvalue weighted by Crippen LogP contribution is 2.06. The molecule has 1 rings (SSSR count). The van der Waals surface area contributed by atoms with Gasteiger partial charge in [-0.05, 0) is 40.5 Å². The molecular weight excluding hydrogens is 360 g/mol. The third kappa shape index (κ3) is 7.34. The van der Waals surface area contributed by atoms with Gasteiger partial charge in [0.15, 0.2) is 0 Å². The van der Waals surface area contributed by atoms with E-state index in [2.05, 4.69) is 10.6 Å². The number of H-pyrrole nitrogens is 1. The number of hydrogen-bond acceptors (Lipinski definition) is 6. The highest BCUT2D eigenvalue weighted by atomic mass is 16.6. The summed E-state index contributed by atoms with van der Waals surface area (Å²) in [5.41, 5.74) is -2.13. The van der Waals surface area contributed by atoms with Gasteiger partial charge >= 0.3 is 23.8 Å². The molecule has 0 saturated carbocycles. The topological polar surface area (TPSA) is 160 Å². The lowest BCUT2D eigenvalue weighted by Gasteiger charge is -2.20. The van der Waals surface area contributed by atoms with Gasteiger partial charge in [-0.25, -0.2) is 23.7 Å². The summed E-state index contributed by atoms with van der Waals surface area (Å²) in [6.07, 6.45) is 0.650. The maximum atomic E-state index is 12.1. The molecule has 0 fully saturated rings. The van der Waals surface area contributed by atoms with E-state index >= 15 is 0 Å². The van der Waals surface area contributed by atoms with Crippen LogP contribution in [-0.2, 0) is 9.53 Å². The molecule has 11 nitrogen and oxygen atoms in total. The van der Waals surface area contributed by atoms with Crippen molar-refractivity contribution >= 4 is 18.1 Å². The minimum atomic E-state index is -1.30. The molecule has 1 aromatic heterocycles. The van der Waals surface area contributed by atoms with Gasteiger partial charge < -0.3 is 20.5 Å². The normalized spacial score (nSPS) is 12.1. The summed E-state index contributed by atoms with van der Waals surface area (Å²) in [7, 11) is 0. The molecule has 0 saturated heterocycles. The fourth-order valence-electron chi connectivity index (χ4n) is 2.00. The molecule has 0 bridgehead atoms. The lowest BCUT2D eigenvalue weighted by molar-refractivity contribution is -0.139. The molecule has 0 aliphatic heterocycles. The lowest BCUT2D eigenvalue weighted by atomic mass is 10.1. The van der Waals surface area contributed by atoms with Gasteiger partial charge in [-0.2, -0.15) is 0 Å². The van der Waals surface area contributed by atoms with Crippen LogP contribution in [-0.4, -0.2) is 50.9 Å². The van der Waals surface area contributed by atoms with Crippen LogP contribution in [0.1, 0.15) is 39.2 Å². The molecule has 1 heterocycles. The summed E-state index contributed by atoms with van der Waals surface area (Å²) < 4.78 is 5.63. The summed E-state index contributed by atoms with van der Waals surface area (Å²) in [5, 5.41) is 13.9. The number of carboxylic acids is 1. The highest BCUT2D eigenvalue weighted by Gasteiger charge is 2.22. The van der Waals surface area contributed by atoms with E-state index in [-0.39, 0.29) is 24.9 Å². The molecule has 27 heavy (non-hydrogen) atoms. The molecule has 1 aromatic rings. The first-order valence-corrected chi connectivity index (χ1v) is 8.24. The third-order valence-electron chi connectivity index (χ3n) is 3.27. The van der Waals surface area contributed by atoms with E-state index in [4.69, 9.17) is 4.74 Å². The summed E-state index contributed by atoms with van der Waals surface area (Å²) in [5.74, 6) is -1.30. The Labute approximate surface area is 154 Å². The molecule has 150 valence electrons. The monoisotopic (exact) mass is 384 g/mol. The van der Waals surface area contributed by atoms with Gasteiger partial charge in [-0.15, -0.1) is 0 Å². The molecule has 2 amide bonds. The SMILES string of the molecule is Cc1cn(C(=O)NC(CCCNC(=O)OC(C)(C)C)C(=O)O)c(=O)[nH]c1=O. The maximum absolute atomic E-state index is 12.1. The Kier molecular flexibility index (Phi) is 7.32. The number of carbonyl (C=O) groups is 3. The molecule has 0 radical (unpaired) electrons. The quantitative estimate of drug-likeness (QED) is 0.508. The van der Waals surface area contributed by atoms with Gasteiger partial charge in [-0.1, -0.05) is 0 Å². The van der Waals surface area contributed by atoms with Crippen molar-refractivity contribution in [2.45, 2.75) is 52.2 Å². The number of aromatic nitrogens is 2. The number of aromatic amines is 1. The van der Waals surface area contributed by atoms with Gasteiger partial charge in [0.05, 0.1) is 0 Å². The van der Waals surface area contributed by atoms with E-state index in [0.717, 1.165) is 6.20 Å². The number of rotatable bonds is 6. The van der Waals surface area contributed by atoms with Gasteiger partial charge in [0.1, 0.15) is 11.6 Å². The number of carbonyl (C=O) groups excluding carboxylic acids is 2. The van der Waals surface area contributed by atoms with E-state index in [1.807, 2.05) is 4.98 Å². The Morgan fingerprint density at radius 2 is 1.93 bits per heavy atom. The van der Waals surface area contributed by atoms with Crippen LogP contribution in [0.3, 0.4) is 0 Å². The van der Waals surface area contributed by atoms with E-state index in [1.165, 1.54) is 6.92 Å². The number of alkyl carbamates (subject to hydrolysis) is 1. The van der Waals surface area contributed by atoms with E-state index < -0.39 is 41.0 Å². The summed E-state index contributed by atoms with van der Waals surface area (Å²) in [4.78, 5) is 59.9. The minimum Gasteiger partial charge on any atom is -0.480 e. The van der Waals surface area contributed by atoms with Crippen LogP contribution in [0.15, 0.2) is 15.8 Å². The third-order valence-corrected chi connectivity index (χ3v) is 3.27. The van der Waals surface area contributed by atoms with Crippen LogP contribution in [0.5, 0.6) is 0 Å². The Hall–Kier alpha value is -3.11. The first-order chi connectivity index (χ1) is 12.4. The first-order valence-electron chi connectivity index (χ1n) is 8.24. The molecule has 0 aromatic carbocycles. The molecule has 1 atom stereocenters. The second-order valence-electron chi connectivity index (χ2n) is 6.85. The number of ether oxygens (including phenoxy) is 1.